The molecule has 1 atom stereocenters. The van der Waals surface area contributed by atoms with E-state index in [0.717, 1.165) is 35.5 Å². The van der Waals surface area contributed by atoms with Crippen LogP contribution in [-0.2, 0) is 6.54 Å². The summed E-state index contributed by atoms with van der Waals surface area (Å²) in [6.45, 7) is 3.07. The van der Waals surface area contributed by atoms with Crippen molar-refractivity contribution in [2.24, 2.45) is 0 Å². The van der Waals surface area contributed by atoms with Crippen LogP contribution in [-0.4, -0.2) is 19.3 Å². The molecule has 0 N–H and O–H groups in total. The molecule has 0 amide bonds. The number of fused-ring (bicyclic) bond motifs is 1. The zero-order valence-corrected chi connectivity index (χ0v) is 13.0. The Morgan fingerprint density at radius 2 is 2.04 bits per heavy atom. The molecule has 0 spiro atoms. The van der Waals surface area contributed by atoms with Gasteiger partial charge in [-0.05, 0) is 31.5 Å². The first-order valence-corrected chi connectivity index (χ1v) is 7.80. The van der Waals surface area contributed by atoms with Gasteiger partial charge in [0, 0.05) is 42.8 Å². The van der Waals surface area contributed by atoms with Crippen LogP contribution in [0, 0.1) is 0 Å². The van der Waals surface area contributed by atoms with E-state index in [0.29, 0.717) is 6.04 Å². The Balaban J connectivity index is 1.59. The van der Waals surface area contributed by atoms with Crippen molar-refractivity contribution in [3.05, 3.63) is 61.2 Å². The molecule has 0 saturated heterocycles. The van der Waals surface area contributed by atoms with E-state index in [-0.39, 0.29) is 0 Å². The van der Waals surface area contributed by atoms with E-state index in [2.05, 4.69) is 27.6 Å². The Bertz CT molecular complexity index is 871. The number of aryl methyl sites for hydroxylation is 1. The maximum absolute atomic E-state index is 5.95. The Morgan fingerprint density at radius 3 is 2.87 bits per heavy atom. The zero-order valence-electron chi connectivity index (χ0n) is 13.0. The number of para-hydroxylation sites is 1. The van der Waals surface area contributed by atoms with E-state index in [4.69, 9.17) is 4.42 Å². The lowest BCUT2D eigenvalue weighted by Gasteiger charge is -2.15. The molecule has 3 heterocycles. The predicted molar refractivity (Wildman–Crippen MR) is 89.0 cm³/mol. The number of furan rings is 1. The molecule has 4 aromatic rings. The number of hydrogen-bond acceptors (Lipinski definition) is 3. The highest BCUT2D eigenvalue weighted by atomic mass is 16.3. The third-order valence-electron chi connectivity index (χ3n) is 4.12. The van der Waals surface area contributed by atoms with Gasteiger partial charge < -0.3 is 8.98 Å². The quantitative estimate of drug-likeness (QED) is 0.556. The van der Waals surface area contributed by atoms with Gasteiger partial charge in [-0.25, -0.2) is 4.98 Å². The Morgan fingerprint density at radius 1 is 1.13 bits per heavy atom. The minimum absolute atomic E-state index is 0.310. The molecule has 116 valence electrons. The first-order chi connectivity index (χ1) is 11.3. The molecule has 23 heavy (non-hydrogen) atoms. The van der Waals surface area contributed by atoms with Gasteiger partial charge in [-0.15, -0.1) is 0 Å². The van der Waals surface area contributed by atoms with E-state index >= 15 is 0 Å². The second-order valence-corrected chi connectivity index (χ2v) is 5.71. The van der Waals surface area contributed by atoms with Gasteiger partial charge in [0.2, 0.25) is 0 Å². The van der Waals surface area contributed by atoms with Gasteiger partial charge in [0.1, 0.15) is 5.58 Å². The van der Waals surface area contributed by atoms with Crippen LogP contribution in [0.3, 0.4) is 0 Å². The molecule has 3 aromatic heterocycles. The fraction of sp³-hybridized carbons (Fsp3) is 0.222. The van der Waals surface area contributed by atoms with Gasteiger partial charge in [-0.1, -0.05) is 18.2 Å². The van der Waals surface area contributed by atoms with Gasteiger partial charge in [-0.2, -0.15) is 5.10 Å². The maximum atomic E-state index is 5.95. The van der Waals surface area contributed by atoms with Crippen LogP contribution >= 0.6 is 0 Å². The largest absolute Gasteiger partial charge is 0.453 e. The summed E-state index contributed by atoms with van der Waals surface area (Å²) in [6.07, 6.45) is 8.61. The van der Waals surface area contributed by atoms with Crippen molar-refractivity contribution in [1.29, 1.82) is 0 Å². The van der Waals surface area contributed by atoms with Crippen molar-refractivity contribution in [3.8, 4) is 11.6 Å². The third kappa shape index (κ3) is 2.65. The van der Waals surface area contributed by atoms with Crippen molar-refractivity contribution < 1.29 is 4.42 Å². The number of aromatic nitrogens is 4. The molecule has 5 heteroatoms. The number of hydrogen-bond donors (Lipinski definition) is 0. The normalized spacial score (nSPS) is 12.7. The predicted octanol–water partition coefficient (Wildman–Crippen LogP) is 4.14. The Hall–Kier alpha value is -2.82. The summed E-state index contributed by atoms with van der Waals surface area (Å²) in [6, 6.07) is 12.3. The molecule has 0 aliphatic rings. The first kappa shape index (κ1) is 13.8. The van der Waals surface area contributed by atoms with E-state index < -0.39 is 0 Å². The van der Waals surface area contributed by atoms with Gasteiger partial charge in [0.15, 0.2) is 11.6 Å². The molecule has 4 rings (SSSR count). The van der Waals surface area contributed by atoms with E-state index in [9.17, 15) is 0 Å². The molecule has 0 aliphatic carbocycles. The molecule has 0 aliphatic heterocycles. The molecule has 0 saturated carbocycles. The van der Waals surface area contributed by atoms with Gasteiger partial charge in [0.25, 0.3) is 0 Å². The summed E-state index contributed by atoms with van der Waals surface area (Å²) in [5.74, 6) is 1.68. The molecule has 5 nitrogen and oxygen atoms in total. The summed E-state index contributed by atoms with van der Waals surface area (Å²) in [4.78, 5) is 4.49. The fourth-order valence-corrected chi connectivity index (χ4v) is 2.84. The molecule has 0 unspecified atom stereocenters. The lowest BCUT2D eigenvalue weighted by molar-refractivity contribution is 0.446. The Kier molecular flexibility index (Phi) is 3.46. The van der Waals surface area contributed by atoms with Crippen LogP contribution in [0.1, 0.15) is 19.4 Å². The van der Waals surface area contributed by atoms with Crippen molar-refractivity contribution in [2.75, 3.05) is 0 Å². The summed E-state index contributed by atoms with van der Waals surface area (Å²) >= 11 is 0. The summed E-state index contributed by atoms with van der Waals surface area (Å²) in [7, 11) is 0. The Labute approximate surface area is 134 Å². The van der Waals surface area contributed by atoms with E-state index in [1.54, 1.807) is 0 Å². The highest BCUT2D eigenvalue weighted by Crippen LogP contribution is 2.28. The molecule has 0 radical (unpaired) electrons. The molecular formula is C18H18N4O. The second kappa shape index (κ2) is 5.76. The van der Waals surface area contributed by atoms with Crippen molar-refractivity contribution in [3.63, 3.8) is 0 Å². The van der Waals surface area contributed by atoms with E-state index in [1.165, 1.54) is 0 Å². The van der Waals surface area contributed by atoms with Crippen LogP contribution in [0.5, 0.6) is 0 Å². The van der Waals surface area contributed by atoms with Crippen LogP contribution < -0.4 is 0 Å². The fourth-order valence-electron chi connectivity index (χ4n) is 2.84. The topological polar surface area (TPSA) is 48.8 Å². The van der Waals surface area contributed by atoms with Gasteiger partial charge in [-0.3, -0.25) is 4.68 Å². The lowest BCUT2D eigenvalue weighted by Crippen LogP contribution is -2.10. The minimum atomic E-state index is 0.310. The SMILES string of the molecule is C[C@H](CCn1cccn1)n1ccnc1-c1cc2ccccc2o1. The average molecular weight is 306 g/mol. The van der Waals surface area contributed by atoms with Gasteiger partial charge in [0.05, 0.1) is 0 Å². The molecular weight excluding hydrogens is 288 g/mol. The van der Waals surface area contributed by atoms with Gasteiger partial charge >= 0.3 is 0 Å². The molecule has 0 fully saturated rings. The third-order valence-corrected chi connectivity index (χ3v) is 4.12. The number of rotatable bonds is 5. The highest BCUT2D eigenvalue weighted by Gasteiger charge is 2.15. The number of nitrogens with zero attached hydrogens (tertiary/aromatic N) is 4. The van der Waals surface area contributed by atoms with Crippen molar-refractivity contribution in [1.82, 2.24) is 19.3 Å². The standard InChI is InChI=1S/C18H18N4O/c1-14(7-11-21-10-4-8-20-21)22-12-9-19-18(22)17-13-15-5-2-3-6-16(15)23-17/h2-6,8-10,12-14H,7,11H2,1H3/t14-/m1/s1. The highest BCUT2D eigenvalue weighted by molar-refractivity contribution is 5.81. The van der Waals surface area contributed by atoms with Crippen LogP contribution in [0.15, 0.2) is 65.6 Å². The second-order valence-electron chi connectivity index (χ2n) is 5.71. The summed E-state index contributed by atoms with van der Waals surface area (Å²) in [5.41, 5.74) is 0.890. The zero-order chi connectivity index (χ0) is 15.6. The number of imidazole rings is 1. The lowest BCUT2D eigenvalue weighted by atomic mass is 10.2. The molecule has 0 bridgehead atoms. The molecule has 1 aromatic carbocycles. The van der Waals surface area contributed by atoms with Crippen LogP contribution in [0.2, 0.25) is 0 Å². The first-order valence-electron chi connectivity index (χ1n) is 7.80. The number of benzene rings is 1. The van der Waals surface area contributed by atoms with Crippen molar-refractivity contribution >= 4 is 11.0 Å². The minimum Gasteiger partial charge on any atom is -0.453 e. The monoisotopic (exact) mass is 306 g/mol. The maximum Gasteiger partial charge on any atom is 0.176 e. The van der Waals surface area contributed by atoms with Crippen LogP contribution in [0.25, 0.3) is 22.6 Å². The van der Waals surface area contributed by atoms with E-state index in [1.807, 2.05) is 59.8 Å². The smallest absolute Gasteiger partial charge is 0.176 e. The van der Waals surface area contributed by atoms with Crippen molar-refractivity contribution in [2.45, 2.75) is 25.9 Å². The average Bonchev–Trinajstić information content (AvgIpc) is 3.31. The van der Waals surface area contributed by atoms with Crippen LogP contribution in [0.4, 0.5) is 0 Å². The summed E-state index contributed by atoms with van der Waals surface area (Å²) in [5, 5.41) is 5.35. The summed E-state index contributed by atoms with van der Waals surface area (Å²) < 4.78 is 10.1.